The molecule has 0 atom stereocenters. The molecule has 1 fully saturated rings. The van der Waals surface area contributed by atoms with E-state index in [0.717, 1.165) is 0 Å². The van der Waals surface area contributed by atoms with Gasteiger partial charge in [-0.3, -0.25) is 0 Å². The molecule has 0 saturated heterocycles. The Morgan fingerprint density at radius 2 is 2.27 bits per heavy atom. The molecule has 8 heteroatoms. The highest BCUT2D eigenvalue weighted by atomic mass is 19.3. The number of nitrogens with one attached hydrogen (secondary N) is 1. The number of carbonyl (C=O) groups is 1. The summed E-state index contributed by atoms with van der Waals surface area (Å²) in [5.74, 6) is -2.85. The molecule has 1 aliphatic carbocycles. The Morgan fingerprint density at radius 1 is 1.60 bits per heavy atom. The monoisotopic (exact) mass is 218 g/mol. The van der Waals surface area contributed by atoms with Crippen LogP contribution in [0.5, 0.6) is 0 Å². The van der Waals surface area contributed by atoms with Crippen LogP contribution >= 0.6 is 0 Å². The van der Waals surface area contributed by atoms with Gasteiger partial charge in [0.2, 0.25) is 0 Å². The Hall–Kier alpha value is -1.73. The molecule has 0 spiro atoms. The van der Waals surface area contributed by atoms with E-state index in [9.17, 15) is 13.6 Å². The number of aromatic nitrogens is 3. The van der Waals surface area contributed by atoms with Crippen LogP contribution in [0.2, 0.25) is 0 Å². The lowest BCUT2D eigenvalue weighted by atomic mass is 9.74. The number of alkyl halides is 2. The van der Waals surface area contributed by atoms with Gasteiger partial charge >= 0.3 is 6.09 Å². The van der Waals surface area contributed by atoms with Crippen LogP contribution in [0.4, 0.5) is 13.6 Å². The average molecular weight is 218 g/mol. The van der Waals surface area contributed by atoms with Crippen LogP contribution in [0.25, 0.3) is 0 Å². The first kappa shape index (κ1) is 9.81. The van der Waals surface area contributed by atoms with E-state index < -0.39 is 30.5 Å². The Bertz CT molecular complexity index is 370. The predicted molar refractivity (Wildman–Crippen MR) is 42.9 cm³/mol. The van der Waals surface area contributed by atoms with Gasteiger partial charge in [0, 0.05) is 0 Å². The number of amides is 1. The number of nitrogens with zero attached hydrogens (tertiary/aromatic N) is 2. The fraction of sp³-hybridized carbons (Fsp3) is 0.571. The maximum atomic E-state index is 12.8. The first-order valence-corrected chi connectivity index (χ1v) is 4.16. The van der Waals surface area contributed by atoms with E-state index in [-0.39, 0.29) is 5.69 Å². The first-order chi connectivity index (χ1) is 6.94. The molecular weight excluding hydrogens is 210 g/mol. The van der Waals surface area contributed by atoms with Crippen LogP contribution < -0.4 is 5.73 Å². The van der Waals surface area contributed by atoms with E-state index in [1.807, 2.05) is 0 Å². The molecule has 0 radical (unpaired) electrons. The van der Waals surface area contributed by atoms with E-state index in [1.165, 1.54) is 6.20 Å². The number of ether oxygens (including phenoxy) is 1. The van der Waals surface area contributed by atoms with Gasteiger partial charge in [0.1, 0.15) is 5.69 Å². The largest absolute Gasteiger partial charge is 0.436 e. The first-order valence-electron chi connectivity index (χ1n) is 4.16. The standard InChI is InChI=1S/C7H8F2N4O2/c8-7(9)2-6(3-7,15-5(10)14)4-1-11-13-12-4/h1H,2-3H2,(H2,10,14)(H,11,12,13). The van der Waals surface area contributed by atoms with Crippen LogP contribution in [-0.2, 0) is 10.3 Å². The van der Waals surface area contributed by atoms with Crippen LogP contribution in [-0.4, -0.2) is 27.4 Å². The van der Waals surface area contributed by atoms with Gasteiger partial charge < -0.3 is 10.5 Å². The van der Waals surface area contributed by atoms with E-state index in [4.69, 9.17) is 10.5 Å². The number of primary amides is 1. The minimum absolute atomic E-state index is 0.159. The second-order valence-corrected chi connectivity index (χ2v) is 3.48. The van der Waals surface area contributed by atoms with Crippen molar-refractivity contribution in [2.45, 2.75) is 24.4 Å². The molecule has 0 bridgehead atoms. The maximum Gasteiger partial charge on any atom is 0.405 e. The number of hydrogen-bond acceptors (Lipinski definition) is 4. The van der Waals surface area contributed by atoms with Crippen molar-refractivity contribution in [1.82, 2.24) is 15.4 Å². The van der Waals surface area contributed by atoms with Gasteiger partial charge in [0.25, 0.3) is 5.92 Å². The minimum atomic E-state index is -2.85. The number of carbonyl (C=O) groups excluding carboxylic acids is 1. The van der Waals surface area contributed by atoms with Crippen LogP contribution in [0.15, 0.2) is 6.20 Å². The molecule has 2 rings (SSSR count). The second-order valence-electron chi connectivity index (χ2n) is 3.48. The SMILES string of the molecule is NC(=O)OC1(c2cn[nH]n2)CC(F)(F)C1. The summed E-state index contributed by atoms with van der Waals surface area (Å²) in [7, 11) is 0. The summed E-state index contributed by atoms with van der Waals surface area (Å²) in [4.78, 5) is 10.6. The van der Waals surface area contributed by atoms with Crippen LogP contribution in [0.1, 0.15) is 18.5 Å². The van der Waals surface area contributed by atoms with Crippen molar-refractivity contribution in [3.05, 3.63) is 11.9 Å². The third kappa shape index (κ3) is 1.62. The zero-order valence-electron chi connectivity index (χ0n) is 7.54. The van der Waals surface area contributed by atoms with Crippen molar-refractivity contribution in [3.8, 4) is 0 Å². The normalized spacial score (nSPS) is 21.7. The Labute approximate surface area is 82.8 Å². The molecule has 1 amide bonds. The highest BCUT2D eigenvalue weighted by Gasteiger charge is 2.61. The lowest BCUT2D eigenvalue weighted by Crippen LogP contribution is -2.53. The third-order valence-corrected chi connectivity index (χ3v) is 2.27. The Kier molecular flexibility index (Phi) is 1.88. The zero-order valence-corrected chi connectivity index (χ0v) is 7.54. The second kappa shape index (κ2) is 2.88. The van der Waals surface area contributed by atoms with Gasteiger partial charge in [0.15, 0.2) is 5.60 Å². The molecule has 0 aliphatic heterocycles. The van der Waals surface area contributed by atoms with Gasteiger partial charge in [-0.15, -0.1) is 0 Å². The van der Waals surface area contributed by atoms with E-state index >= 15 is 0 Å². The molecule has 0 unspecified atom stereocenters. The van der Waals surface area contributed by atoms with Crippen molar-refractivity contribution >= 4 is 6.09 Å². The molecule has 3 N–H and O–H groups in total. The molecule has 82 valence electrons. The lowest BCUT2D eigenvalue weighted by molar-refractivity contribution is -0.210. The van der Waals surface area contributed by atoms with E-state index in [0.29, 0.717) is 0 Å². The number of H-pyrrole nitrogens is 1. The molecule has 1 aliphatic rings. The van der Waals surface area contributed by atoms with Gasteiger partial charge in [-0.2, -0.15) is 15.4 Å². The lowest BCUT2D eigenvalue weighted by Gasteiger charge is -2.44. The summed E-state index contributed by atoms with van der Waals surface area (Å²) < 4.78 is 30.3. The van der Waals surface area contributed by atoms with Crippen molar-refractivity contribution < 1.29 is 18.3 Å². The van der Waals surface area contributed by atoms with Crippen molar-refractivity contribution in [2.75, 3.05) is 0 Å². The van der Waals surface area contributed by atoms with Crippen LogP contribution in [0.3, 0.4) is 0 Å². The van der Waals surface area contributed by atoms with Gasteiger partial charge in [0.05, 0.1) is 19.0 Å². The number of aromatic amines is 1. The van der Waals surface area contributed by atoms with Gasteiger partial charge in [-0.25, -0.2) is 13.6 Å². The quantitative estimate of drug-likeness (QED) is 0.756. The number of nitrogens with two attached hydrogens (primary N) is 1. The molecule has 0 aromatic carbocycles. The molecule has 15 heavy (non-hydrogen) atoms. The molecule has 6 nitrogen and oxygen atoms in total. The van der Waals surface area contributed by atoms with Crippen molar-refractivity contribution in [2.24, 2.45) is 5.73 Å². The van der Waals surface area contributed by atoms with Gasteiger partial charge in [-0.1, -0.05) is 0 Å². The Morgan fingerprint density at radius 3 is 2.67 bits per heavy atom. The summed E-state index contributed by atoms with van der Waals surface area (Å²) in [6.45, 7) is 0. The molecular formula is C7H8F2N4O2. The highest BCUT2D eigenvalue weighted by Crippen LogP contribution is 2.53. The molecule has 1 aromatic rings. The average Bonchev–Trinajstić information content (AvgIpc) is 2.49. The maximum absolute atomic E-state index is 12.8. The van der Waals surface area contributed by atoms with Gasteiger partial charge in [-0.05, 0) is 0 Å². The molecule has 1 heterocycles. The fourth-order valence-electron chi connectivity index (χ4n) is 1.70. The van der Waals surface area contributed by atoms with Crippen LogP contribution in [0, 0.1) is 0 Å². The zero-order chi connectivity index (χ0) is 11.1. The number of rotatable bonds is 2. The van der Waals surface area contributed by atoms with E-state index in [2.05, 4.69) is 15.4 Å². The highest BCUT2D eigenvalue weighted by molar-refractivity contribution is 5.65. The molecule has 1 saturated carbocycles. The number of halogens is 2. The predicted octanol–water partition coefficient (Wildman–Crippen LogP) is 0.524. The minimum Gasteiger partial charge on any atom is -0.436 e. The third-order valence-electron chi connectivity index (χ3n) is 2.27. The summed E-state index contributed by atoms with van der Waals surface area (Å²) >= 11 is 0. The molecule has 1 aromatic heterocycles. The topological polar surface area (TPSA) is 93.9 Å². The van der Waals surface area contributed by atoms with Crippen molar-refractivity contribution in [3.63, 3.8) is 0 Å². The summed E-state index contributed by atoms with van der Waals surface area (Å²) in [6.07, 6.45) is -1.10. The van der Waals surface area contributed by atoms with E-state index in [1.54, 1.807) is 0 Å². The fourth-order valence-corrected chi connectivity index (χ4v) is 1.70. The summed E-state index contributed by atoms with van der Waals surface area (Å²) in [5.41, 5.74) is 3.55. The summed E-state index contributed by atoms with van der Waals surface area (Å²) in [6, 6.07) is 0. The van der Waals surface area contributed by atoms with Crippen molar-refractivity contribution in [1.29, 1.82) is 0 Å². The number of hydrogen-bond donors (Lipinski definition) is 2. The summed E-state index contributed by atoms with van der Waals surface area (Å²) in [5, 5.41) is 9.37. The smallest absolute Gasteiger partial charge is 0.405 e. The Balaban J connectivity index is 2.23.